The van der Waals surface area contributed by atoms with Gasteiger partial charge < -0.3 is 56.8 Å². The summed E-state index contributed by atoms with van der Waals surface area (Å²) in [5.74, 6) is 3.72. The van der Waals surface area contributed by atoms with E-state index < -0.39 is 0 Å². The maximum atomic E-state index is 6.96. The second kappa shape index (κ2) is 20.6. The summed E-state index contributed by atoms with van der Waals surface area (Å²) in [4.78, 5) is 9.67. The number of ether oxygens (including phenoxy) is 12. The molecule has 4 aromatic carbocycles. The molecule has 6 aliphatic rings. The molecule has 0 saturated carbocycles. The van der Waals surface area contributed by atoms with Gasteiger partial charge in [0.05, 0.1) is 106 Å². The molecule has 10 rings (SSSR count). The van der Waals surface area contributed by atoms with Crippen LogP contribution < -0.4 is 18.9 Å². The summed E-state index contributed by atoms with van der Waals surface area (Å²) < 4.78 is 75.2. The lowest BCUT2D eigenvalue weighted by molar-refractivity contribution is -0.00709. The summed E-state index contributed by atoms with van der Waals surface area (Å²) in [6.07, 6.45) is 2.66. The fraction of sp³-hybridized carbons (Fsp3) is 0.500. The first-order chi connectivity index (χ1) is 31.8. The lowest BCUT2D eigenvalue weighted by Gasteiger charge is -2.35. The van der Waals surface area contributed by atoms with Gasteiger partial charge in [-0.25, -0.2) is 0 Å². The predicted octanol–water partition coefficient (Wildman–Crippen LogP) is 7.90. The second-order valence-corrected chi connectivity index (χ2v) is 20.4. The number of hydrogen-bond acceptors (Lipinski definition) is 16. The Morgan fingerprint density at radius 1 is 0.219 bits per heavy atom. The van der Waals surface area contributed by atoms with Crippen molar-refractivity contribution in [2.24, 2.45) is 0 Å². The molecule has 0 aromatic heterocycles. The monoisotopic (exact) mass is 948 g/mol. The maximum absolute atomic E-state index is 6.96. The molecule has 0 amide bonds. The third-order valence-electron chi connectivity index (χ3n) is 12.0. The fourth-order valence-corrected chi connectivity index (χ4v) is 14.0. The molecular formula is C48H52O12S4. The van der Waals surface area contributed by atoms with E-state index in [9.17, 15) is 0 Å². The van der Waals surface area contributed by atoms with Gasteiger partial charge in [0.2, 0.25) is 0 Å². The maximum Gasteiger partial charge on any atom is 0.128 e. The van der Waals surface area contributed by atoms with Crippen LogP contribution in [-0.4, -0.2) is 132 Å². The minimum absolute atomic E-state index is 0.403. The summed E-state index contributed by atoms with van der Waals surface area (Å²) in [5.41, 5.74) is 9.42. The van der Waals surface area contributed by atoms with Gasteiger partial charge >= 0.3 is 0 Å². The van der Waals surface area contributed by atoms with Crippen LogP contribution in [0.3, 0.4) is 0 Å². The van der Waals surface area contributed by atoms with Crippen LogP contribution in [0.1, 0.15) is 44.5 Å². The van der Waals surface area contributed by atoms with E-state index >= 15 is 0 Å². The average Bonchev–Trinajstić information content (AvgIpc) is 3.29. The van der Waals surface area contributed by atoms with Crippen molar-refractivity contribution in [1.29, 1.82) is 0 Å². The van der Waals surface area contributed by atoms with Gasteiger partial charge in [-0.3, -0.25) is 0 Å². The van der Waals surface area contributed by atoms with Gasteiger partial charge in [-0.05, 0) is 24.3 Å². The number of benzene rings is 4. The van der Waals surface area contributed by atoms with Gasteiger partial charge in [-0.1, -0.05) is 47.0 Å². The number of hydrogen-bond donors (Lipinski definition) is 0. The van der Waals surface area contributed by atoms with Crippen LogP contribution >= 0.6 is 47.0 Å². The third-order valence-corrected chi connectivity index (χ3v) is 16.7. The van der Waals surface area contributed by atoms with E-state index in [1.54, 1.807) is 0 Å². The van der Waals surface area contributed by atoms with E-state index in [2.05, 4.69) is 24.3 Å². The Balaban J connectivity index is 1.07. The van der Waals surface area contributed by atoms with E-state index in [-0.39, 0.29) is 0 Å². The third kappa shape index (κ3) is 9.24. The van der Waals surface area contributed by atoms with Gasteiger partial charge in [0.25, 0.3) is 0 Å². The molecule has 0 aliphatic carbocycles. The predicted molar refractivity (Wildman–Crippen MR) is 242 cm³/mol. The van der Waals surface area contributed by atoms with Crippen LogP contribution in [0.5, 0.6) is 23.0 Å². The molecule has 16 heteroatoms. The van der Waals surface area contributed by atoms with Crippen LogP contribution in [0, 0.1) is 0 Å². The highest BCUT2D eigenvalue weighted by Crippen LogP contribution is 2.60. The molecule has 6 heterocycles. The van der Waals surface area contributed by atoms with Crippen molar-refractivity contribution in [3.8, 4) is 23.0 Å². The Bertz CT molecular complexity index is 1940. The van der Waals surface area contributed by atoms with Crippen molar-refractivity contribution < 1.29 is 56.8 Å². The molecule has 64 heavy (non-hydrogen) atoms. The molecular weight excluding hydrogens is 897 g/mol. The first-order valence-corrected chi connectivity index (χ1v) is 25.6. The van der Waals surface area contributed by atoms with Crippen LogP contribution in [0.4, 0.5) is 0 Å². The van der Waals surface area contributed by atoms with Gasteiger partial charge in [-0.15, -0.1) is 0 Å². The van der Waals surface area contributed by atoms with Crippen molar-refractivity contribution in [1.82, 2.24) is 0 Å². The van der Waals surface area contributed by atoms with Crippen molar-refractivity contribution in [2.75, 3.05) is 132 Å². The van der Waals surface area contributed by atoms with Crippen LogP contribution in [0.2, 0.25) is 0 Å². The molecule has 0 radical (unpaired) electrons. The smallest absolute Gasteiger partial charge is 0.128 e. The normalized spacial score (nSPS) is 20.6. The SMILES string of the molecule is c1c2c3c4c5c1Sc1cc6c7c(c1C5)OCCOCCOCCOCCOCCOc1c(c(cc5c1Cc1c(cc(c(c1OCCOCCOCCOCCOCCO4)C7)S6)S5)S2)C3. The summed E-state index contributed by atoms with van der Waals surface area (Å²) in [6.45, 7) is 9.15. The van der Waals surface area contributed by atoms with E-state index in [1.165, 1.54) is 83.7 Å². The van der Waals surface area contributed by atoms with Gasteiger partial charge in [0, 0.05) is 109 Å². The zero-order chi connectivity index (χ0) is 42.7. The van der Waals surface area contributed by atoms with Crippen molar-refractivity contribution in [2.45, 2.75) is 64.8 Å². The zero-order valence-electron chi connectivity index (χ0n) is 35.8. The fourth-order valence-electron chi connectivity index (χ4n) is 9.08. The lowest BCUT2D eigenvalue weighted by atomic mass is 9.90. The first kappa shape index (κ1) is 43.7. The van der Waals surface area contributed by atoms with E-state index in [4.69, 9.17) is 56.8 Å². The van der Waals surface area contributed by atoms with Crippen molar-refractivity contribution in [3.05, 3.63) is 68.8 Å². The quantitative estimate of drug-likeness (QED) is 0.147. The molecule has 0 spiro atoms. The van der Waals surface area contributed by atoms with E-state index in [0.717, 1.165) is 23.0 Å². The van der Waals surface area contributed by atoms with Crippen molar-refractivity contribution in [3.63, 3.8) is 0 Å². The van der Waals surface area contributed by atoms with E-state index in [0.29, 0.717) is 158 Å². The second-order valence-electron chi connectivity index (χ2n) is 16.0. The van der Waals surface area contributed by atoms with Gasteiger partial charge in [-0.2, -0.15) is 0 Å². The molecule has 4 aromatic rings. The lowest BCUT2D eigenvalue weighted by Crippen LogP contribution is -2.19. The topological polar surface area (TPSA) is 111 Å². The number of fused-ring (bicyclic) bond motifs is 4. The summed E-state index contributed by atoms with van der Waals surface area (Å²) in [5, 5.41) is 0. The molecule has 0 saturated heterocycles. The highest BCUT2D eigenvalue weighted by molar-refractivity contribution is 8.01. The average molecular weight is 949 g/mol. The van der Waals surface area contributed by atoms with Crippen LogP contribution in [-0.2, 0) is 63.6 Å². The largest absolute Gasteiger partial charge is 0.491 e. The Kier molecular flexibility index (Phi) is 14.1. The summed E-state index contributed by atoms with van der Waals surface area (Å²) in [7, 11) is 0. The molecule has 0 N–H and O–H groups in total. The molecule has 0 atom stereocenters. The number of rotatable bonds is 0. The molecule has 8 bridgehead atoms. The zero-order valence-corrected chi connectivity index (χ0v) is 39.1. The van der Waals surface area contributed by atoms with Gasteiger partial charge in [0.1, 0.15) is 49.4 Å². The summed E-state index contributed by atoms with van der Waals surface area (Å²) in [6, 6.07) is 9.57. The highest BCUT2D eigenvalue weighted by Gasteiger charge is 2.38. The molecule has 0 fully saturated rings. The Labute approximate surface area is 390 Å². The van der Waals surface area contributed by atoms with Crippen molar-refractivity contribution >= 4 is 47.0 Å². The standard InChI is InChI=1S/C48H52O12S4/c1-2-50-6-10-54-14-18-58-46-31-23-35-43-27-41-33-21-29-37(61-41)25-38-30(45(29)57-17-13-53-9-5-49-1)22-34-42(62-38)28-44-36(24-32(46)40(64-44)26-39(31)63-43)48(34)60-20-16-56-12-8-52-4-3-51-7-11-55-15-19-59-47(33)35/h25-28H,1-24H2. The van der Waals surface area contributed by atoms with Crippen LogP contribution in [0.15, 0.2) is 63.4 Å². The molecule has 340 valence electrons. The highest BCUT2D eigenvalue weighted by atomic mass is 32.2. The minimum atomic E-state index is 0.403. The van der Waals surface area contributed by atoms with Crippen LogP contribution in [0.25, 0.3) is 0 Å². The Morgan fingerprint density at radius 2 is 0.375 bits per heavy atom. The molecule has 6 aliphatic heterocycles. The first-order valence-electron chi connectivity index (χ1n) is 22.4. The molecule has 12 nitrogen and oxygen atoms in total. The summed E-state index contributed by atoms with van der Waals surface area (Å²) >= 11 is 7.28. The Hall–Kier alpha value is -2.84. The minimum Gasteiger partial charge on any atom is -0.491 e. The van der Waals surface area contributed by atoms with Gasteiger partial charge in [0.15, 0.2) is 0 Å². The molecule has 0 unspecified atom stereocenters. The van der Waals surface area contributed by atoms with E-state index in [1.807, 2.05) is 47.0 Å². The Morgan fingerprint density at radius 3 is 0.547 bits per heavy atom.